The van der Waals surface area contributed by atoms with Gasteiger partial charge < -0.3 is 34.2 Å². The molecule has 0 amide bonds. The van der Waals surface area contributed by atoms with Crippen LogP contribution in [0.1, 0.15) is 21.8 Å². The highest BCUT2D eigenvalue weighted by Crippen LogP contribution is 2.45. The second-order valence-corrected chi connectivity index (χ2v) is 6.82. The summed E-state index contributed by atoms with van der Waals surface area (Å²) in [6.45, 7) is 7.46. The summed E-state index contributed by atoms with van der Waals surface area (Å²) in [5.74, 6) is 1.53. The molecule has 1 saturated heterocycles. The largest absolute Gasteiger partial charge is 0.491 e. The Morgan fingerprint density at radius 2 is 2.53 bits per heavy atom. The molecule has 0 spiro atoms. The number of fused-ring (bicyclic) bond motifs is 2. The van der Waals surface area contributed by atoms with E-state index in [4.69, 9.17) is 29.7 Å². The van der Waals surface area contributed by atoms with Gasteiger partial charge >= 0.3 is 5.69 Å². The van der Waals surface area contributed by atoms with E-state index in [1.807, 2.05) is 0 Å². The van der Waals surface area contributed by atoms with Crippen molar-refractivity contribution in [1.29, 1.82) is 1.43 Å². The fourth-order valence-electron chi connectivity index (χ4n) is 3.34. The van der Waals surface area contributed by atoms with Gasteiger partial charge in [-0.05, 0) is 12.1 Å². The van der Waals surface area contributed by atoms with Crippen LogP contribution >= 0.6 is 0 Å². The molecule has 10 heteroatoms. The van der Waals surface area contributed by atoms with Gasteiger partial charge in [0.1, 0.15) is 23.8 Å². The van der Waals surface area contributed by atoms with Crippen LogP contribution in [0.5, 0.6) is 17.2 Å². The third-order valence-corrected chi connectivity index (χ3v) is 4.79. The number of anilines is 2. The highest BCUT2D eigenvalue weighted by atomic mass is 16.6. The molecule has 2 aliphatic heterocycles. The van der Waals surface area contributed by atoms with Crippen LogP contribution in [0.2, 0.25) is 0 Å². The Balaban J connectivity index is 1.52. The molecule has 1 unspecified atom stereocenters. The highest BCUT2D eigenvalue weighted by molar-refractivity contribution is 5.77. The van der Waals surface area contributed by atoms with E-state index >= 15 is 0 Å². The van der Waals surface area contributed by atoms with Gasteiger partial charge in [0.2, 0.25) is 7.98 Å². The maximum Gasteiger partial charge on any atom is 0.351 e. The van der Waals surface area contributed by atoms with E-state index in [-0.39, 0.29) is 18.8 Å². The van der Waals surface area contributed by atoms with E-state index in [0.717, 1.165) is 0 Å². The fourth-order valence-corrected chi connectivity index (χ4v) is 3.34. The molecular weight excluding hydrogens is 392 g/mol. The molecule has 0 bridgehead atoms. The Hall–Kier alpha value is -3.13. The van der Waals surface area contributed by atoms with Crippen LogP contribution in [0.4, 0.5) is 11.5 Å². The summed E-state index contributed by atoms with van der Waals surface area (Å²) in [6.07, 6.45) is 0.0574. The maximum absolute atomic E-state index is 12.7. The number of methoxy groups -OCH3 is 1. The van der Waals surface area contributed by atoms with E-state index in [1.165, 1.54) is 10.8 Å². The Morgan fingerprint density at radius 1 is 1.60 bits per heavy atom. The molecule has 4 rings (SSSR count). The number of aliphatic hydroxyl groups is 1. The van der Waals surface area contributed by atoms with Crippen molar-refractivity contribution in [2.75, 3.05) is 32.1 Å². The molecule has 1 aromatic carbocycles. The predicted molar refractivity (Wildman–Crippen MR) is 106 cm³/mol. The molecule has 30 heavy (non-hydrogen) atoms. The summed E-state index contributed by atoms with van der Waals surface area (Å²) in [4.78, 5) is 20.1. The molecule has 4 atom stereocenters. The first-order valence-electron chi connectivity index (χ1n) is 11.0. The number of aliphatic hydroxyl groups excluding tert-OH is 1. The number of nitrogens with one attached hydrogen (secondary N) is 1. The Labute approximate surface area is 177 Å². The van der Waals surface area contributed by atoms with E-state index in [0.29, 0.717) is 42.5 Å². The van der Waals surface area contributed by atoms with Crippen LogP contribution in [0, 0.1) is 6.57 Å². The molecule has 2 aliphatic rings. The molecule has 3 heterocycles. The monoisotopic (exact) mass is 419 g/mol. The van der Waals surface area contributed by atoms with E-state index in [9.17, 15) is 4.79 Å². The highest BCUT2D eigenvalue weighted by Gasteiger charge is 2.36. The van der Waals surface area contributed by atoms with Crippen molar-refractivity contribution in [1.82, 2.24) is 9.55 Å². The molecule has 0 radical (unpaired) electrons. The zero-order chi connectivity index (χ0) is 23.4. The zero-order valence-electron chi connectivity index (χ0n) is 18.9. The smallest absolute Gasteiger partial charge is 0.351 e. The number of aromatic nitrogens is 2. The number of para-hydroxylation sites is 1. The van der Waals surface area contributed by atoms with Gasteiger partial charge in [-0.2, -0.15) is 4.98 Å². The number of hydrogen-bond acceptors (Lipinski definition) is 8. The van der Waals surface area contributed by atoms with Crippen LogP contribution in [0.3, 0.4) is 0 Å². The lowest BCUT2D eigenvalue weighted by atomic mass is 10.2. The standard InChI is InChI=1S/C20H22N4O6/c1-21-7-4-8-28-13-5-3-6-14-18(13)22-19-15(29-14)10-24(20(26)23-19)17-9-12(25)16(30-17)11-27-2/h3,5-6,10,12,16-17,25H,4,7-9,11H2,2H3,(H,22,23,26)/t12-,16-,17-/m1/s1/i2TD,25T/t2?,12-,16-,17-. The molecule has 2 aromatic rings. The minimum absolute atomic E-state index is 0.116. The van der Waals surface area contributed by atoms with Gasteiger partial charge in [0.15, 0.2) is 17.3 Å². The van der Waals surface area contributed by atoms with Crippen LogP contribution < -0.4 is 20.5 Å². The first-order valence-corrected chi connectivity index (χ1v) is 9.40. The lowest BCUT2D eigenvalue weighted by Gasteiger charge is -2.24. The summed E-state index contributed by atoms with van der Waals surface area (Å²) < 4.78 is 45.2. The van der Waals surface area contributed by atoms with Crippen molar-refractivity contribution in [3.63, 3.8) is 0 Å². The second-order valence-electron chi connectivity index (χ2n) is 6.82. The molecule has 1 aromatic heterocycles. The SMILES string of the molecule is [2H]C([3H])OC[C@H]1O[C@@H](n2cc3c(nc2=O)Nc2c(OCCC[N+]#[C-])cccc2O3)C[C@H]1O[3H]. The average molecular weight is 419 g/mol. The second kappa shape index (κ2) is 8.71. The lowest BCUT2D eigenvalue weighted by Crippen LogP contribution is -2.29. The van der Waals surface area contributed by atoms with E-state index in [2.05, 4.69) is 20.3 Å². The predicted octanol–water partition coefficient (Wildman–Crippen LogP) is 2.08. The molecule has 10 nitrogen and oxygen atoms in total. The van der Waals surface area contributed by atoms with Crippen LogP contribution in [-0.4, -0.2) is 55.1 Å². The Bertz CT molecular complexity index is 1090. The fraction of sp³-hybridized carbons (Fsp3) is 0.450. The Morgan fingerprint density at radius 3 is 3.37 bits per heavy atom. The van der Waals surface area contributed by atoms with Crippen LogP contribution in [-0.2, 0) is 9.47 Å². The summed E-state index contributed by atoms with van der Waals surface area (Å²) in [7, 11) is -1.49. The van der Waals surface area contributed by atoms with Crippen LogP contribution in [0.25, 0.3) is 4.85 Å². The van der Waals surface area contributed by atoms with Gasteiger partial charge in [-0.25, -0.2) is 11.4 Å². The van der Waals surface area contributed by atoms with Crippen molar-refractivity contribution in [2.45, 2.75) is 31.3 Å². The first kappa shape index (κ1) is 16.6. The van der Waals surface area contributed by atoms with Crippen molar-refractivity contribution >= 4 is 11.5 Å². The summed E-state index contributed by atoms with van der Waals surface area (Å²) in [5.41, 5.74) is -0.0623. The molecule has 2 N–H and O–H groups in total. The number of benzene rings is 1. The van der Waals surface area contributed by atoms with Crippen molar-refractivity contribution in [3.8, 4) is 17.2 Å². The number of ether oxygens (including phenoxy) is 4. The van der Waals surface area contributed by atoms with E-state index < -0.39 is 31.2 Å². The van der Waals surface area contributed by atoms with Gasteiger partial charge in [-0.3, -0.25) is 4.57 Å². The lowest BCUT2D eigenvalue weighted by molar-refractivity contribution is -0.0547. The topological polar surface area (TPSA) is 108 Å². The first-order chi connectivity index (χ1) is 16.0. The quantitative estimate of drug-likeness (QED) is 0.422. The number of rotatable bonds is 8. The van der Waals surface area contributed by atoms with Crippen molar-refractivity contribution < 1.29 is 26.8 Å². The summed E-state index contributed by atoms with van der Waals surface area (Å²) in [5, 5.41) is 7.76. The molecular formula is C20H22N4O6. The number of nitrogens with zero attached hydrogens (tertiary/aromatic N) is 3. The molecule has 0 aliphatic carbocycles. The van der Waals surface area contributed by atoms with Gasteiger partial charge in [0, 0.05) is 13.5 Å². The zero-order valence-corrected chi connectivity index (χ0v) is 15.9. The van der Waals surface area contributed by atoms with Crippen molar-refractivity contribution in [3.05, 3.63) is 46.3 Å². The van der Waals surface area contributed by atoms with E-state index in [1.54, 1.807) is 18.2 Å². The minimum Gasteiger partial charge on any atom is -0.491 e. The molecule has 0 saturated carbocycles. The third-order valence-electron chi connectivity index (χ3n) is 4.79. The normalized spacial score (nSPS) is 24.1. The van der Waals surface area contributed by atoms with Crippen LogP contribution in [0.15, 0.2) is 29.2 Å². The van der Waals surface area contributed by atoms with Gasteiger partial charge in [0.25, 0.3) is 0 Å². The third kappa shape index (κ3) is 3.95. The van der Waals surface area contributed by atoms with Gasteiger partial charge in [0.05, 0.1) is 34.7 Å². The van der Waals surface area contributed by atoms with Gasteiger partial charge in [-0.1, -0.05) is 6.07 Å². The van der Waals surface area contributed by atoms with Gasteiger partial charge in [-0.15, -0.1) is 0 Å². The average Bonchev–Trinajstić information content (AvgIpc) is 3.22. The summed E-state index contributed by atoms with van der Waals surface area (Å²) >= 11 is 0. The minimum atomic E-state index is -1.49. The molecule has 1 fully saturated rings. The summed E-state index contributed by atoms with van der Waals surface area (Å²) in [6, 6.07) is 5.27. The maximum atomic E-state index is 12.7. The van der Waals surface area contributed by atoms with Crippen molar-refractivity contribution in [2.24, 2.45) is 0 Å². The Kier molecular flexibility index (Phi) is 4.83. The number of hydrogen-bond donors (Lipinski definition) is 2. The molecule has 158 valence electrons.